The van der Waals surface area contributed by atoms with Crippen LogP contribution < -0.4 is 0 Å². The molecule has 2 aliphatic carbocycles. The van der Waals surface area contributed by atoms with Crippen LogP contribution in [0.1, 0.15) is 80.7 Å². The number of carbonyl (C=O) groups is 2. The highest BCUT2D eigenvalue weighted by Crippen LogP contribution is 2.38. The summed E-state index contributed by atoms with van der Waals surface area (Å²) in [6.07, 6.45) is 10.2. The molecule has 1 aromatic carbocycles. The van der Waals surface area contributed by atoms with Crippen LogP contribution in [0.3, 0.4) is 0 Å². The number of hydrogen-bond donors (Lipinski definition) is 1. The lowest BCUT2D eigenvalue weighted by atomic mass is 9.82. The van der Waals surface area contributed by atoms with Gasteiger partial charge in [0, 0.05) is 24.6 Å². The van der Waals surface area contributed by atoms with Gasteiger partial charge in [0.25, 0.3) is 0 Å². The fraction of sp³-hybridized carbons (Fsp3) is 0.654. The summed E-state index contributed by atoms with van der Waals surface area (Å²) < 4.78 is 7.44. The van der Waals surface area contributed by atoms with Gasteiger partial charge in [0.2, 0.25) is 0 Å². The van der Waals surface area contributed by atoms with Gasteiger partial charge >= 0.3 is 12.1 Å². The summed E-state index contributed by atoms with van der Waals surface area (Å²) in [5.74, 6) is 1.34. The van der Waals surface area contributed by atoms with Gasteiger partial charge in [0.15, 0.2) is 0 Å². The summed E-state index contributed by atoms with van der Waals surface area (Å²) in [6, 6.07) is 4.45. The van der Waals surface area contributed by atoms with Crippen LogP contribution in [0.4, 0.5) is 4.79 Å². The standard InChI is InChI=1S/C26H35N3O4/c1-33-26(32)28-14-13-18-11-12-22-23(21(18)16-28)27-24(19-5-3-2-4-6-19)29(22)15-17-7-9-20(10-8-17)25(30)31/h11-12,17,19-20H,2-10,13-16H2,1H3,(H,30,31). The third-order valence-corrected chi connectivity index (χ3v) is 8.19. The van der Waals surface area contributed by atoms with Crippen LogP contribution in [0.2, 0.25) is 0 Å². The fourth-order valence-electron chi connectivity index (χ4n) is 6.24. The van der Waals surface area contributed by atoms with E-state index in [1.54, 1.807) is 4.90 Å². The monoisotopic (exact) mass is 453 g/mol. The number of imidazole rings is 1. The SMILES string of the molecule is COC(=O)N1CCc2ccc3c(nc(C4CCCCC4)n3CC3CCC(C(=O)O)CC3)c2C1. The highest BCUT2D eigenvalue weighted by Gasteiger charge is 2.31. The summed E-state index contributed by atoms with van der Waals surface area (Å²) >= 11 is 0. The lowest BCUT2D eigenvalue weighted by Crippen LogP contribution is -2.35. The second-order valence-corrected chi connectivity index (χ2v) is 10.2. The van der Waals surface area contributed by atoms with Crippen molar-refractivity contribution in [3.05, 3.63) is 29.1 Å². The highest BCUT2D eigenvalue weighted by atomic mass is 16.5. The molecule has 2 aromatic rings. The third-order valence-electron chi connectivity index (χ3n) is 8.19. The van der Waals surface area contributed by atoms with E-state index < -0.39 is 5.97 Å². The Labute approximate surface area is 195 Å². The molecular formula is C26H35N3O4. The maximum absolute atomic E-state index is 12.2. The van der Waals surface area contributed by atoms with Crippen LogP contribution >= 0.6 is 0 Å². The molecule has 5 rings (SSSR count). The first-order valence-electron chi connectivity index (χ1n) is 12.6. The predicted octanol–water partition coefficient (Wildman–Crippen LogP) is 5.10. The summed E-state index contributed by atoms with van der Waals surface area (Å²) in [5.41, 5.74) is 4.65. The minimum absolute atomic E-state index is 0.185. The number of benzene rings is 1. The lowest BCUT2D eigenvalue weighted by Gasteiger charge is -2.29. The smallest absolute Gasteiger partial charge is 0.409 e. The first-order valence-corrected chi connectivity index (χ1v) is 12.6. The molecule has 2 fully saturated rings. The first kappa shape index (κ1) is 22.2. The van der Waals surface area contributed by atoms with Crippen molar-refractivity contribution in [1.29, 1.82) is 0 Å². The van der Waals surface area contributed by atoms with Gasteiger partial charge in [-0.05, 0) is 62.5 Å². The van der Waals surface area contributed by atoms with E-state index in [1.165, 1.54) is 56.1 Å². The fourth-order valence-corrected chi connectivity index (χ4v) is 6.24. The number of hydrogen-bond acceptors (Lipinski definition) is 4. The lowest BCUT2D eigenvalue weighted by molar-refractivity contribution is -0.143. The number of amides is 1. The number of carbonyl (C=O) groups excluding carboxylic acids is 1. The second-order valence-electron chi connectivity index (χ2n) is 10.2. The molecule has 0 atom stereocenters. The van der Waals surface area contributed by atoms with Gasteiger partial charge in [-0.25, -0.2) is 9.78 Å². The zero-order valence-electron chi connectivity index (χ0n) is 19.6. The maximum atomic E-state index is 12.2. The van der Waals surface area contributed by atoms with E-state index in [-0.39, 0.29) is 12.0 Å². The normalized spacial score (nSPS) is 24.0. The van der Waals surface area contributed by atoms with Gasteiger partial charge in [-0.2, -0.15) is 0 Å². The molecule has 1 N–H and O–H groups in total. The Morgan fingerprint density at radius 3 is 2.55 bits per heavy atom. The van der Waals surface area contributed by atoms with Crippen molar-refractivity contribution < 1.29 is 19.4 Å². The molecule has 2 saturated carbocycles. The Balaban J connectivity index is 1.50. The van der Waals surface area contributed by atoms with Gasteiger partial charge in [-0.1, -0.05) is 25.3 Å². The van der Waals surface area contributed by atoms with Crippen molar-refractivity contribution in [2.75, 3.05) is 13.7 Å². The molecule has 0 spiro atoms. The Morgan fingerprint density at radius 2 is 1.85 bits per heavy atom. The molecule has 0 unspecified atom stereocenters. The number of carboxylic acid groups (broad SMARTS) is 1. The summed E-state index contributed by atoms with van der Waals surface area (Å²) in [4.78, 5) is 30.6. The molecule has 0 saturated heterocycles. The Kier molecular flexibility index (Phi) is 6.30. The average Bonchev–Trinajstić information content (AvgIpc) is 3.22. The number of rotatable bonds is 4. The maximum Gasteiger partial charge on any atom is 0.409 e. The van der Waals surface area contributed by atoms with Crippen molar-refractivity contribution in [3.63, 3.8) is 0 Å². The quantitative estimate of drug-likeness (QED) is 0.696. The molecule has 1 aliphatic heterocycles. The van der Waals surface area contributed by atoms with Crippen LogP contribution in [0.15, 0.2) is 12.1 Å². The molecule has 178 valence electrons. The molecular weight excluding hydrogens is 418 g/mol. The van der Waals surface area contributed by atoms with E-state index in [0.29, 0.717) is 24.9 Å². The third kappa shape index (κ3) is 4.34. The van der Waals surface area contributed by atoms with Crippen molar-refractivity contribution in [3.8, 4) is 0 Å². The number of fused-ring (bicyclic) bond motifs is 3. The summed E-state index contributed by atoms with van der Waals surface area (Å²) in [6.45, 7) is 2.13. The van der Waals surface area contributed by atoms with Crippen LogP contribution in [-0.2, 0) is 29.0 Å². The molecule has 1 aromatic heterocycles. The number of aliphatic carboxylic acids is 1. The van der Waals surface area contributed by atoms with E-state index in [1.807, 2.05) is 0 Å². The van der Waals surface area contributed by atoms with Gasteiger partial charge in [-0.3, -0.25) is 4.79 Å². The summed E-state index contributed by atoms with van der Waals surface area (Å²) in [7, 11) is 1.44. The highest BCUT2D eigenvalue weighted by molar-refractivity contribution is 5.82. The minimum Gasteiger partial charge on any atom is -0.481 e. The minimum atomic E-state index is -0.647. The molecule has 33 heavy (non-hydrogen) atoms. The zero-order chi connectivity index (χ0) is 22.9. The molecule has 7 nitrogen and oxygen atoms in total. The van der Waals surface area contributed by atoms with E-state index in [4.69, 9.17) is 9.72 Å². The van der Waals surface area contributed by atoms with E-state index >= 15 is 0 Å². The van der Waals surface area contributed by atoms with E-state index in [0.717, 1.165) is 49.7 Å². The van der Waals surface area contributed by atoms with Crippen molar-refractivity contribution in [2.24, 2.45) is 11.8 Å². The Bertz CT molecular complexity index is 1030. The second kappa shape index (κ2) is 9.35. The summed E-state index contributed by atoms with van der Waals surface area (Å²) in [5, 5.41) is 9.38. The van der Waals surface area contributed by atoms with Crippen LogP contribution in [0.25, 0.3) is 11.0 Å². The van der Waals surface area contributed by atoms with Crippen molar-refractivity contribution in [2.45, 2.75) is 83.2 Å². The predicted molar refractivity (Wildman–Crippen MR) is 125 cm³/mol. The van der Waals surface area contributed by atoms with Crippen molar-refractivity contribution >= 4 is 23.1 Å². The van der Waals surface area contributed by atoms with Crippen LogP contribution in [0, 0.1) is 11.8 Å². The molecule has 3 aliphatic rings. The van der Waals surface area contributed by atoms with E-state index in [9.17, 15) is 14.7 Å². The van der Waals surface area contributed by atoms with Gasteiger partial charge in [0.05, 0.1) is 30.6 Å². The number of methoxy groups -OCH3 is 1. The molecule has 0 radical (unpaired) electrons. The van der Waals surface area contributed by atoms with Crippen LogP contribution in [-0.4, -0.2) is 45.3 Å². The van der Waals surface area contributed by atoms with Crippen LogP contribution in [0.5, 0.6) is 0 Å². The molecule has 1 amide bonds. The average molecular weight is 454 g/mol. The van der Waals surface area contributed by atoms with Crippen molar-refractivity contribution in [1.82, 2.24) is 14.5 Å². The molecule has 7 heteroatoms. The number of nitrogens with zero attached hydrogens (tertiary/aromatic N) is 3. The zero-order valence-corrected chi connectivity index (χ0v) is 19.6. The Morgan fingerprint density at radius 1 is 1.09 bits per heavy atom. The van der Waals surface area contributed by atoms with Gasteiger partial charge in [0.1, 0.15) is 5.82 Å². The Hall–Kier alpha value is -2.57. The van der Waals surface area contributed by atoms with Gasteiger partial charge < -0.3 is 19.3 Å². The number of carboxylic acids is 1. The number of aromatic nitrogens is 2. The molecule has 0 bridgehead atoms. The first-order chi connectivity index (χ1) is 16.0. The number of ether oxygens (including phenoxy) is 1. The largest absolute Gasteiger partial charge is 0.481 e. The topological polar surface area (TPSA) is 84.7 Å². The molecule has 2 heterocycles. The van der Waals surface area contributed by atoms with Gasteiger partial charge in [-0.15, -0.1) is 0 Å². The van der Waals surface area contributed by atoms with E-state index in [2.05, 4.69) is 16.7 Å².